The van der Waals surface area contributed by atoms with Gasteiger partial charge in [0.15, 0.2) is 0 Å². The maximum Gasteiger partial charge on any atom is 0.244 e. The molecule has 0 aliphatic rings. The van der Waals surface area contributed by atoms with Crippen LogP contribution >= 0.6 is 0 Å². The normalized spacial score (nSPS) is 11.4. The summed E-state index contributed by atoms with van der Waals surface area (Å²) in [6, 6.07) is 5.61. The highest BCUT2D eigenvalue weighted by atomic mass is 32.2. The summed E-state index contributed by atoms with van der Waals surface area (Å²) >= 11 is 0. The van der Waals surface area contributed by atoms with Crippen LogP contribution in [0, 0.1) is 19.7 Å². The lowest BCUT2D eigenvalue weighted by Crippen LogP contribution is -2.33. The van der Waals surface area contributed by atoms with E-state index in [0.717, 1.165) is 0 Å². The first-order valence-electron chi connectivity index (χ1n) is 6.37. The Labute approximate surface area is 127 Å². The van der Waals surface area contributed by atoms with Crippen LogP contribution in [0.3, 0.4) is 0 Å². The largest absolute Gasteiger partial charge is 0.322 e. The highest BCUT2D eigenvalue weighted by Crippen LogP contribution is 2.16. The van der Waals surface area contributed by atoms with Gasteiger partial charge in [0.2, 0.25) is 15.9 Å². The molecule has 0 atom stereocenters. The van der Waals surface area contributed by atoms with Crippen LogP contribution in [0.2, 0.25) is 0 Å². The van der Waals surface area contributed by atoms with E-state index in [0.29, 0.717) is 11.4 Å². The average molecular weight is 326 g/mol. The van der Waals surface area contributed by atoms with Crippen molar-refractivity contribution >= 4 is 21.6 Å². The quantitative estimate of drug-likeness (QED) is 0.765. The molecule has 22 heavy (non-hydrogen) atoms. The van der Waals surface area contributed by atoms with Crippen molar-refractivity contribution in [3.63, 3.8) is 0 Å². The van der Waals surface area contributed by atoms with Gasteiger partial charge in [-0.15, -0.1) is 0 Å². The second kappa shape index (κ2) is 6.24. The molecule has 2 aromatic rings. The summed E-state index contributed by atoms with van der Waals surface area (Å²) in [6.07, 6.45) is 0. The molecule has 7 nitrogen and oxygen atoms in total. The molecule has 0 aliphatic heterocycles. The van der Waals surface area contributed by atoms with Crippen LogP contribution in [0.15, 0.2) is 29.2 Å². The summed E-state index contributed by atoms with van der Waals surface area (Å²) in [5.41, 5.74) is 0.668. The second-order valence-electron chi connectivity index (χ2n) is 4.62. The molecule has 1 aromatic carbocycles. The Morgan fingerprint density at radius 3 is 2.59 bits per heavy atom. The second-order valence-corrected chi connectivity index (χ2v) is 6.32. The molecular formula is C13H15FN4O3S. The molecule has 1 amide bonds. The number of amides is 1. The van der Waals surface area contributed by atoms with Crippen molar-refractivity contribution in [3.8, 4) is 0 Å². The summed E-state index contributed by atoms with van der Waals surface area (Å²) in [4.78, 5) is 11.7. The SMILES string of the molecule is Cc1n[nH]c(C)c1S(=O)(=O)NCC(=O)Nc1ccccc1F. The van der Waals surface area contributed by atoms with Gasteiger partial charge in [-0.25, -0.2) is 17.5 Å². The third-order valence-corrected chi connectivity index (χ3v) is 4.56. The Morgan fingerprint density at radius 1 is 1.32 bits per heavy atom. The number of aryl methyl sites for hydroxylation is 2. The van der Waals surface area contributed by atoms with E-state index in [1.165, 1.54) is 25.1 Å². The predicted octanol–water partition coefficient (Wildman–Crippen LogP) is 1.08. The molecule has 1 heterocycles. The monoisotopic (exact) mass is 326 g/mol. The molecule has 1 aromatic heterocycles. The zero-order valence-corrected chi connectivity index (χ0v) is 12.8. The number of para-hydroxylation sites is 1. The first-order valence-corrected chi connectivity index (χ1v) is 7.85. The molecule has 0 spiro atoms. The van der Waals surface area contributed by atoms with Gasteiger partial charge in [0, 0.05) is 0 Å². The Kier molecular flexibility index (Phi) is 4.57. The van der Waals surface area contributed by atoms with Crippen molar-refractivity contribution in [2.24, 2.45) is 0 Å². The van der Waals surface area contributed by atoms with Gasteiger partial charge in [0.1, 0.15) is 10.7 Å². The number of sulfonamides is 1. The molecule has 0 saturated heterocycles. The fourth-order valence-corrected chi connectivity index (χ4v) is 3.28. The number of halogens is 1. The minimum Gasteiger partial charge on any atom is -0.322 e. The number of carbonyl (C=O) groups excluding carboxylic acids is 1. The summed E-state index contributed by atoms with van der Waals surface area (Å²) in [6.45, 7) is 2.59. The van der Waals surface area contributed by atoms with Gasteiger partial charge in [-0.05, 0) is 26.0 Å². The van der Waals surface area contributed by atoms with Crippen molar-refractivity contribution in [1.29, 1.82) is 0 Å². The van der Waals surface area contributed by atoms with Gasteiger partial charge in [-0.3, -0.25) is 9.89 Å². The molecule has 3 N–H and O–H groups in total. The van der Waals surface area contributed by atoms with E-state index in [1.807, 2.05) is 0 Å². The van der Waals surface area contributed by atoms with Crippen molar-refractivity contribution in [1.82, 2.24) is 14.9 Å². The molecule has 0 bridgehead atoms. The van der Waals surface area contributed by atoms with E-state index in [-0.39, 0.29) is 10.6 Å². The van der Waals surface area contributed by atoms with Crippen molar-refractivity contribution in [2.45, 2.75) is 18.7 Å². The first kappa shape index (κ1) is 16.1. The van der Waals surface area contributed by atoms with Crippen molar-refractivity contribution in [2.75, 3.05) is 11.9 Å². The first-order chi connectivity index (χ1) is 10.3. The standard InChI is InChI=1S/C13H15FN4O3S/c1-8-13(9(2)18-17-8)22(20,21)15-7-12(19)16-11-6-4-3-5-10(11)14/h3-6,15H,7H2,1-2H3,(H,16,19)(H,17,18). The Balaban J connectivity index is 2.04. The summed E-state index contributed by atoms with van der Waals surface area (Å²) < 4.78 is 39.8. The number of anilines is 1. The number of benzene rings is 1. The average Bonchev–Trinajstić information content (AvgIpc) is 2.79. The van der Waals surface area contributed by atoms with Crippen LogP contribution in [0.4, 0.5) is 10.1 Å². The predicted molar refractivity (Wildman–Crippen MR) is 78.3 cm³/mol. The number of carbonyl (C=O) groups is 1. The summed E-state index contributed by atoms with van der Waals surface area (Å²) in [5, 5.41) is 8.65. The fourth-order valence-electron chi connectivity index (χ4n) is 1.93. The number of hydrogen-bond acceptors (Lipinski definition) is 4. The van der Waals surface area contributed by atoms with Crippen LogP contribution in [0.5, 0.6) is 0 Å². The number of aromatic nitrogens is 2. The zero-order valence-electron chi connectivity index (χ0n) is 12.0. The molecule has 0 fully saturated rings. The van der Waals surface area contributed by atoms with Gasteiger partial charge in [0.05, 0.1) is 23.6 Å². The van der Waals surface area contributed by atoms with Gasteiger partial charge >= 0.3 is 0 Å². The Hall–Kier alpha value is -2.26. The van der Waals surface area contributed by atoms with Gasteiger partial charge in [-0.2, -0.15) is 5.10 Å². The summed E-state index contributed by atoms with van der Waals surface area (Å²) in [7, 11) is -3.87. The molecule has 0 unspecified atom stereocenters. The smallest absolute Gasteiger partial charge is 0.244 e. The van der Waals surface area contributed by atoms with Crippen LogP contribution < -0.4 is 10.0 Å². The molecule has 0 radical (unpaired) electrons. The molecular weight excluding hydrogens is 311 g/mol. The number of H-pyrrole nitrogens is 1. The summed E-state index contributed by atoms with van der Waals surface area (Å²) in [5.74, 6) is -1.27. The number of nitrogens with one attached hydrogen (secondary N) is 3. The van der Waals surface area contributed by atoms with Crippen LogP contribution in [0.1, 0.15) is 11.4 Å². The van der Waals surface area contributed by atoms with Gasteiger partial charge < -0.3 is 5.32 Å². The number of rotatable bonds is 5. The van der Waals surface area contributed by atoms with Gasteiger partial charge in [-0.1, -0.05) is 12.1 Å². The fraction of sp³-hybridized carbons (Fsp3) is 0.231. The molecule has 118 valence electrons. The van der Waals surface area contributed by atoms with Crippen LogP contribution in [-0.4, -0.2) is 31.1 Å². The van der Waals surface area contributed by atoms with E-state index in [1.54, 1.807) is 13.0 Å². The molecule has 0 saturated carbocycles. The van der Waals surface area contributed by atoms with E-state index in [9.17, 15) is 17.6 Å². The topological polar surface area (TPSA) is 104 Å². The van der Waals surface area contributed by atoms with Crippen molar-refractivity contribution < 1.29 is 17.6 Å². The minimum atomic E-state index is -3.87. The lowest BCUT2D eigenvalue weighted by atomic mass is 10.3. The lowest BCUT2D eigenvalue weighted by molar-refractivity contribution is -0.115. The van der Waals surface area contributed by atoms with E-state index in [2.05, 4.69) is 20.2 Å². The van der Waals surface area contributed by atoms with Gasteiger partial charge in [0.25, 0.3) is 0 Å². The third kappa shape index (κ3) is 3.49. The number of aromatic amines is 1. The molecule has 9 heteroatoms. The van der Waals surface area contributed by atoms with E-state index >= 15 is 0 Å². The Bertz CT molecular complexity index is 782. The highest BCUT2D eigenvalue weighted by molar-refractivity contribution is 7.89. The lowest BCUT2D eigenvalue weighted by Gasteiger charge is -2.08. The van der Waals surface area contributed by atoms with E-state index in [4.69, 9.17) is 0 Å². The maximum atomic E-state index is 13.4. The maximum absolute atomic E-state index is 13.4. The number of hydrogen-bond donors (Lipinski definition) is 3. The Morgan fingerprint density at radius 2 is 2.00 bits per heavy atom. The van der Waals surface area contributed by atoms with Crippen LogP contribution in [0.25, 0.3) is 0 Å². The number of nitrogens with zero attached hydrogens (tertiary/aromatic N) is 1. The minimum absolute atomic E-state index is 0.00573. The molecule has 0 aliphatic carbocycles. The molecule has 2 rings (SSSR count). The third-order valence-electron chi connectivity index (χ3n) is 2.90. The van der Waals surface area contributed by atoms with Crippen LogP contribution in [-0.2, 0) is 14.8 Å². The highest BCUT2D eigenvalue weighted by Gasteiger charge is 2.22. The van der Waals surface area contributed by atoms with E-state index < -0.39 is 28.3 Å². The van der Waals surface area contributed by atoms with Crippen molar-refractivity contribution in [3.05, 3.63) is 41.5 Å². The zero-order chi connectivity index (χ0) is 16.3.